The molecule has 57 valence electrons. The van der Waals surface area contributed by atoms with Crippen molar-refractivity contribution in [2.24, 2.45) is 0 Å². The van der Waals surface area contributed by atoms with Crippen molar-refractivity contribution in [3.8, 4) is 5.75 Å². The molecule has 0 spiro atoms. The number of hydrogen-bond acceptors (Lipinski definition) is 2. The van der Waals surface area contributed by atoms with Crippen LogP contribution in [0.3, 0.4) is 0 Å². The van der Waals surface area contributed by atoms with Crippen LogP contribution in [0.5, 0.6) is 5.75 Å². The summed E-state index contributed by atoms with van der Waals surface area (Å²) in [7, 11) is 1.54. The summed E-state index contributed by atoms with van der Waals surface area (Å²) < 4.78 is 4.95. The number of amides is 1. The summed E-state index contributed by atoms with van der Waals surface area (Å²) in [6, 6.07) is 7.09. The normalized spacial score (nSPS) is 8.82. The topological polar surface area (TPSA) is 40.4 Å². The number of nitrogens with zero attached hydrogens (tertiary/aromatic N) is 1. The molecule has 0 N–H and O–H groups in total. The summed E-state index contributed by atoms with van der Waals surface area (Å²) in [6.45, 7) is 0. The fraction of sp³-hybridized carbons (Fsp3) is 0.125. The van der Waals surface area contributed by atoms with Gasteiger partial charge in [-0.15, -0.1) is 0 Å². The van der Waals surface area contributed by atoms with E-state index in [0.29, 0.717) is 17.8 Å². The molecule has 1 rings (SSSR count). The first-order valence-electron chi connectivity index (χ1n) is 3.16. The third-order valence-corrected chi connectivity index (χ3v) is 1.28. The molecular formula is C8H8NO2. The van der Waals surface area contributed by atoms with Crippen LogP contribution >= 0.6 is 0 Å². The molecule has 0 unspecified atom stereocenters. The fourth-order valence-corrected chi connectivity index (χ4v) is 0.793. The highest BCUT2D eigenvalue weighted by Crippen LogP contribution is 2.21. The molecule has 0 aliphatic carbocycles. The molecule has 0 atom stereocenters. The number of para-hydroxylation sites is 2. The van der Waals surface area contributed by atoms with Crippen LogP contribution < -0.4 is 10.1 Å². The Morgan fingerprint density at radius 3 is 2.82 bits per heavy atom. The monoisotopic (exact) mass is 150 g/mol. The first kappa shape index (κ1) is 7.60. The number of rotatable bonds is 3. The van der Waals surface area contributed by atoms with Gasteiger partial charge in [-0.2, -0.15) is 0 Å². The molecule has 11 heavy (non-hydrogen) atoms. The summed E-state index contributed by atoms with van der Waals surface area (Å²) >= 11 is 0. The van der Waals surface area contributed by atoms with Crippen LogP contribution in [0.15, 0.2) is 24.3 Å². The van der Waals surface area contributed by atoms with Crippen LogP contribution in [0.1, 0.15) is 0 Å². The highest BCUT2D eigenvalue weighted by molar-refractivity contribution is 5.63. The van der Waals surface area contributed by atoms with Crippen molar-refractivity contribution in [3.63, 3.8) is 0 Å². The predicted molar refractivity (Wildman–Crippen MR) is 40.9 cm³/mol. The molecule has 0 bridgehead atoms. The summed E-state index contributed by atoms with van der Waals surface area (Å²) in [5.74, 6) is 0.611. The van der Waals surface area contributed by atoms with E-state index in [1.54, 1.807) is 25.3 Å². The molecule has 1 aromatic carbocycles. The third kappa shape index (κ3) is 1.70. The molecule has 1 aromatic rings. The molecule has 1 amide bonds. The average molecular weight is 150 g/mol. The van der Waals surface area contributed by atoms with E-state index < -0.39 is 0 Å². The van der Waals surface area contributed by atoms with E-state index in [-0.39, 0.29) is 0 Å². The second-order valence-electron chi connectivity index (χ2n) is 1.91. The van der Waals surface area contributed by atoms with Gasteiger partial charge in [0.1, 0.15) is 11.4 Å². The van der Waals surface area contributed by atoms with Crippen LogP contribution in [0.2, 0.25) is 0 Å². The maximum Gasteiger partial charge on any atom is 0.233 e. The summed E-state index contributed by atoms with van der Waals surface area (Å²) in [6.07, 6.45) is 0.498. The van der Waals surface area contributed by atoms with E-state index in [9.17, 15) is 4.79 Å². The molecule has 0 aromatic heterocycles. The molecule has 0 saturated carbocycles. The zero-order valence-electron chi connectivity index (χ0n) is 6.15. The molecule has 0 fully saturated rings. The first-order chi connectivity index (χ1) is 5.38. The number of hydrogen-bond donors (Lipinski definition) is 0. The number of benzene rings is 1. The van der Waals surface area contributed by atoms with Gasteiger partial charge in [0.15, 0.2) is 0 Å². The lowest BCUT2D eigenvalue weighted by atomic mass is 10.3. The van der Waals surface area contributed by atoms with Gasteiger partial charge in [-0.25, -0.2) is 5.32 Å². The van der Waals surface area contributed by atoms with Crippen molar-refractivity contribution in [2.45, 2.75) is 0 Å². The Bertz CT molecular complexity index is 248. The summed E-state index contributed by atoms with van der Waals surface area (Å²) in [5.41, 5.74) is 0.560. The molecule has 3 heteroatoms. The van der Waals surface area contributed by atoms with Crippen LogP contribution in [-0.2, 0) is 4.79 Å². The molecular weight excluding hydrogens is 142 g/mol. The van der Waals surface area contributed by atoms with E-state index in [1.807, 2.05) is 6.07 Å². The van der Waals surface area contributed by atoms with Gasteiger partial charge in [0.25, 0.3) is 0 Å². The fourth-order valence-electron chi connectivity index (χ4n) is 0.793. The maximum absolute atomic E-state index is 10.0. The second kappa shape index (κ2) is 3.61. The van der Waals surface area contributed by atoms with Gasteiger partial charge in [-0.1, -0.05) is 12.1 Å². The van der Waals surface area contributed by atoms with Crippen molar-refractivity contribution in [1.29, 1.82) is 0 Å². The lowest BCUT2D eigenvalue weighted by molar-refractivity contribution is -0.108. The zero-order chi connectivity index (χ0) is 8.10. The minimum absolute atomic E-state index is 0.498. The minimum Gasteiger partial charge on any atom is -0.494 e. The molecule has 0 aliphatic rings. The van der Waals surface area contributed by atoms with Gasteiger partial charge in [0.05, 0.1) is 7.11 Å². The van der Waals surface area contributed by atoms with Gasteiger partial charge in [0.2, 0.25) is 6.41 Å². The zero-order valence-corrected chi connectivity index (χ0v) is 6.15. The van der Waals surface area contributed by atoms with Crippen LogP contribution in [0, 0.1) is 0 Å². The Labute approximate surface area is 65.0 Å². The van der Waals surface area contributed by atoms with Gasteiger partial charge < -0.3 is 4.74 Å². The Morgan fingerprint density at radius 1 is 1.45 bits per heavy atom. The van der Waals surface area contributed by atoms with E-state index in [0.717, 1.165) is 0 Å². The Morgan fingerprint density at radius 2 is 2.18 bits per heavy atom. The van der Waals surface area contributed by atoms with Crippen molar-refractivity contribution in [1.82, 2.24) is 5.32 Å². The Kier molecular flexibility index (Phi) is 2.49. The SMILES string of the molecule is COc1ccccc1[N]C=O. The third-order valence-electron chi connectivity index (χ3n) is 1.28. The molecule has 3 nitrogen and oxygen atoms in total. The van der Waals surface area contributed by atoms with E-state index >= 15 is 0 Å². The maximum atomic E-state index is 10.0. The predicted octanol–water partition coefficient (Wildman–Crippen LogP) is 1.09. The second-order valence-corrected chi connectivity index (χ2v) is 1.91. The van der Waals surface area contributed by atoms with Crippen LogP contribution in [0.4, 0.5) is 5.69 Å². The standard InChI is InChI=1S/C8H8NO2/c1-11-8-5-3-2-4-7(8)9-6-10/h2-6H,1H3. The summed E-state index contributed by atoms with van der Waals surface area (Å²) in [4.78, 5) is 10.0. The average Bonchev–Trinajstić information content (AvgIpc) is 2.06. The lowest BCUT2D eigenvalue weighted by Crippen LogP contribution is -1.95. The van der Waals surface area contributed by atoms with Crippen LogP contribution in [-0.4, -0.2) is 13.5 Å². The molecule has 0 heterocycles. The van der Waals surface area contributed by atoms with Gasteiger partial charge in [-0.05, 0) is 12.1 Å². The summed E-state index contributed by atoms with van der Waals surface area (Å²) in [5, 5.41) is 3.57. The largest absolute Gasteiger partial charge is 0.494 e. The number of ether oxygens (including phenoxy) is 1. The Balaban J connectivity index is 2.92. The van der Waals surface area contributed by atoms with Crippen molar-refractivity contribution >= 4 is 12.1 Å². The quantitative estimate of drug-likeness (QED) is 0.605. The van der Waals surface area contributed by atoms with Crippen molar-refractivity contribution < 1.29 is 9.53 Å². The number of carbonyl (C=O) groups is 1. The highest BCUT2D eigenvalue weighted by atomic mass is 16.5. The van der Waals surface area contributed by atoms with E-state index in [1.165, 1.54) is 0 Å². The minimum atomic E-state index is 0.498. The first-order valence-corrected chi connectivity index (χ1v) is 3.16. The van der Waals surface area contributed by atoms with Crippen molar-refractivity contribution in [2.75, 3.05) is 7.11 Å². The number of methoxy groups -OCH3 is 1. The number of carbonyl (C=O) groups excluding carboxylic acids is 1. The van der Waals surface area contributed by atoms with Crippen molar-refractivity contribution in [3.05, 3.63) is 24.3 Å². The lowest BCUT2D eigenvalue weighted by Gasteiger charge is -2.02. The van der Waals surface area contributed by atoms with Gasteiger partial charge in [0, 0.05) is 0 Å². The van der Waals surface area contributed by atoms with Gasteiger partial charge in [-0.3, -0.25) is 4.79 Å². The molecule has 0 aliphatic heterocycles. The smallest absolute Gasteiger partial charge is 0.233 e. The van der Waals surface area contributed by atoms with E-state index in [2.05, 4.69) is 5.32 Å². The Hall–Kier alpha value is -1.51. The van der Waals surface area contributed by atoms with Gasteiger partial charge >= 0.3 is 0 Å². The van der Waals surface area contributed by atoms with Crippen LogP contribution in [0.25, 0.3) is 0 Å². The molecule has 1 radical (unpaired) electrons. The highest BCUT2D eigenvalue weighted by Gasteiger charge is 1.99. The molecule has 0 saturated heterocycles. The van der Waals surface area contributed by atoms with E-state index in [4.69, 9.17) is 4.74 Å².